The van der Waals surface area contributed by atoms with Crippen LogP contribution in [0.4, 0.5) is 0 Å². The largest absolute Gasteiger partial charge is 0.492 e. The molecule has 2 amide bonds. The number of furan rings is 1. The predicted octanol–water partition coefficient (Wildman–Crippen LogP) is 2.76. The fraction of sp³-hybridized carbons (Fsp3) is 0.222. The first-order chi connectivity index (χ1) is 12.1. The molecule has 2 aromatic rings. The third kappa shape index (κ3) is 7.71. The molecule has 0 unspecified atom stereocenters. The molecule has 0 fully saturated rings. The lowest BCUT2D eigenvalue weighted by molar-refractivity contribution is -0.121. The Bertz CT molecular complexity index is 714. The quantitative estimate of drug-likeness (QED) is 0.495. The Kier molecular flexibility index (Phi) is 7.78. The summed E-state index contributed by atoms with van der Waals surface area (Å²) in [5.74, 6) is 0.910. The molecule has 1 aromatic heterocycles. The van der Waals surface area contributed by atoms with Crippen LogP contribution < -0.4 is 15.4 Å². The molecule has 0 saturated heterocycles. The molecule has 132 valence electrons. The average molecular weight is 407 g/mol. The Hall–Kier alpha value is -2.54. The minimum Gasteiger partial charge on any atom is -0.492 e. The van der Waals surface area contributed by atoms with Crippen LogP contribution in [0.3, 0.4) is 0 Å². The van der Waals surface area contributed by atoms with Gasteiger partial charge in [-0.2, -0.15) is 0 Å². The highest BCUT2D eigenvalue weighted by Gasteiger charge is 2.02. The molecule has 0 atom stereocenters. The Morgan fingerprint density at radius 3 is 2.80 bits per heavy atom. The van der Waals surface area contributed by atoms with Gasteiger partial charge in [-0.3, -0.25) is 9.59 Å². The number of hydrogen-bond acceptors (Lipinski definition) is 4. The SMILES string of the molecule is O=C(C=Cc1ccco1)NCCC(=O)NCCOc1cccc(Br)c1. The second-order valence-electron chi connectivity index (χ2n) is 5.05. The molecule has 0 saturated carbocycles. The van der Waals surface area contributed by atoms with Crippen molar-refractivity contribution in [2.75, 3.05) is 19.7 Å². The molecule has 25 heavy (non-hydrogen) atoms. The predicted molar refractivity (Wildman–Crippen MR) is 98.0 cm³/mol. The van der Waals surface area contributed by atoms with Gasteiger partial charge in [0.2, 0.25) is 11.8 Å². The fourth-order valence-electron chi connectivity index (χ4n) is 1.91. The van der Waals surface area contributed by atoms with E-state index in [2.05, 4.69) is 26.6 Å². The van der Waals surface area contributed by atoms with Crippen molar-refractivity contribution in [3.05, 3.63) is 59.0 Å². The van der Waals surface area contributed by atoms with Gasteiger partial charge in [-0.05, 0) is 36.4 Å². The van der Waals surface area contributed by atoms with E-state index in [0.29, 0.717) is 18.9 Å². The first-order valence-electron chi connectivity index (χ1n) is 7.78. The Labute approximate surface area is 154 Å². The van der Waals surface area contributed by atoms with Gasteiger partial charge < -0.3 is 19.8 Å². The molecule has 1 heterocycles. The van der Waals surface area contributed by atoms with Crippen LogP contribution in [0.15, 0.2) is 57.6 Å². The third-order valence-corrected chi connectivity index (χ3v) is 3.58. The lowest BCUT2D eigenvalue weighted by Gasteiger charge is -2.08. The number of carbonyl (C=O) groups is 2. The van der Waals surface area contributed by atoms with E-state index in [1.54, 1.807) is 18.2 Å². The van der Waals surface area contributed by atoms with Crippen LogP contribution in [0.5, 0.6) is 5.75 Å². The first-order valence-corrected chi connectivity index (χ1v) is 8.57. The van der Waals surface area contributed by atoms with Gasteiger partial charge >= 0.3 is 0 Å². The topological polar surface area (TPSA) is 80.6 Å². The monoisotopic (exact) mass is 406 g/mol. The molecular formula is C18H19BrN2O4. The molecule has 0 aliphatic heterocycles. The van der Waals surface area contributed by atoms with Crippen molar-refractivity contribution in [2.24, 2.45) is 0 Å². The number of rotatable bonds is 9. The van der Waals surface area contributed by atoms with Crippen molar-refractivity contribution in [3.63, 3.8) is 0 Å². The van der Waals surface area contributed by atoms with E-state index in [1.165, 1.54) is 12.3 Å². The highest BCUT2D eigenvalue weighted by atomic mass is 79.9. The molecule has 2 rings (SSSR count). The van der Waals surface area contributed by atoms with Gasteiger partial charge in [-0.25, -0.2) is 0 Å². The second-order valence-corrected chi connectivity index (χ2v) is 5.96. The first kappa shape index (κ1) is 18.8. The number of nitrogens with one attached hydrogen (secondary N) is 2. The molecule has 0 aliphatic carbocycles. The fourth-order valence-corrected chi connectivity index (χ4v) is 2.28. The second kappa shape index (κ2) is 10.4. The summed E-state index contributed by atoms with van der Waals surface area (Å²) in [7, 11) is 0. The Morgan fingerprint density at radius 2 is 2.04 bits per heavy atom. The summed E-state index contributed by atoms with van der Waals surface area (Å²) in [6.07, 6.45) is 4.66. The molecule has 2 N–H and O–H groups in total. The zero-order valence-corrected chi connectivity index (χ0v) is 15.1. The van der Waals surface area contributed by atoms with Gasteiger partial charge in [0, 0.05) is 23.5 Å². The number of halogens is 1. The molecular weight excluding hydrogens is 388 g/mol. The van der Waals surface area contributed by atoms with Crippen molar-refractivity contribution in [2.45, 2.75) is 6.42 Å². The summed E-state index contributed by atoms with van der Waals surface area (Å²) in [5.41, 5.74) is 0. The van der Waals surface area contributed by atoms with Crippen LogP contribution in [0.2, 0.25) is 0 Å². The number of ether oxygens (including phenoxy) is 1. The standard InChI is InChI=1S/C18H19BrN2O4/c19-14-3-1-4-16(13-14)25-12-10-21-18(23)8-9-20-17(22)7-6-15-5-2-11-24-15/h1-7,11,13H,8-10,12H2,(H,20,22)(H,21,23). The van der Waals surface area contributed by atoms with Gasteiger partial charge in [-0.15, -0.1) is 0 Å². The van der Waals surface area contributed by atoms with E-state index in [1.807, 2.05) is 24.3 Å². The van der Waals surface area contributed by atoms with Crippen molar-refractivity contribution in [1.29, 1.82) is 0 Å². The van der Waals surface area contributed by atoms with Gasteiger partial charge in [0.1, 0.15) is 18.1 Å². The molecule has 1 aromatic carbocycles. The Morgan fingerprint density at radius 1 is 1.16 bits per heavy atom. The van der Waals surface area contributed by atoms with Crippen molar-refractivity contribution in [1.82, 2.24) is 10.6 Å². The summed E-state index contributed by atoms with van der Waals surface area (Å²) in [6, 6.07) is 11.0. The van der Waals surface area contributed by atoms with E-state index in [-0.39, 0.29) is 24.8 Å². The molecule has 6 nitrogen and oxygen atoms in total. The van der Waals surface area contributed by atoms with Crippen LogP contribution in [0.25, 0.3) is 6.08 Å². The van der Waals surface area contributed by atoms with Crippen LogP contribution >= 0.6 is 15.9 Å². The maximum Gasteiger partial charge on any atom is 0.244 e. The summed E-state index contributed by atoms with van der Waals surface area (Å²) < 4.78 is 11.5. The minimum atomic E-state index is -0.276. The smallest absolute Gasteiger partial charge is 0.244 e. The summed E-state index contributed by atoms with van der Waals surface area (Å²) in [4.78, 5) is 23.2. The molecule has 0 spiro atoms. The highest BCUT2D eigenvalue weighted by molar-refractivity contribution is 9.10. The lowest BCUT2D eigenvalue weighted by atomic mass is 10.3. The van der Waals surface area contributed by atoms with E-state index in [9.17, 15) is 9.59 Å². The number of amides is 2. The van der Waals surface area contributed by atoms with Gasteiger partial charge in [0.25, 0.3) is 0 Å². The maximum atomic E-state index is 11.7. The maximum absolute atomic E-state index is 11.7. The van der Waals surface area contributed by atoms with E-state index in [4.69, 9.17) is 9.15 Å². The summed E-state index contributed by atoms with van der Waals surface area (Å²) in [6.45, 7) is 1.04. The van der Waals surface area contributed by atoms with Crippen LogP contribution in [0, 0.1) is 0 Å². The van der Waals surface area contributed by atoms with Gasteiger partial charge in [0.05, 0.1) is 12.8 Å². The zero-order valence-electron chi connectivity index (χ0n) is 13.5. The van der Waals surface area contributed by atoms with E-state index < -0.39 is 0 Å². The van der Waals surface area contributed by atoms with Crippen LogP contribution in [-0.4, -0.2) is 31.5 Å². The number of benzene rings is 1. The van der Waals surface area contributed by atoms with Crippen molar-refractivity contribution < 1.29 is 18.7 Å². The summed E-state index contributed by atoms with van der Waals surface area (Å²) in [5, 5.41) is 5.37. The van der Waals surface area contributed by atoms with Gasteiger partial charge in [-0.1, -0.05) is 22.0 Å². The van der Waals surface area contributed by atoms with Crippen molar-refractivity contribution in [3.8, 4) is 5.75 Å². The molecule has 0 radical (unpaired) electrons. The van der Waals surface area contributed by atoms with Crippen LogP contribution in [-0.2, 0) is 9.59 Å². The zero-order chi connectivity index (χ0) is 17.9. The lowest BCUT2D eigenvalue weighted by Crippen LogP contribution is -2.32. The Balaban J connectivity index is 1.54. The van der Waals surface area contributed by atoms with E-state index in [0.717, 1.165) is 10.2 Å². The molecule has 7 heteroatoms. The minimum absolute atomic E-state index is 0.145. The average Bonchev–Trinajstić information content (AvgIpc) is 3.10. The molecule has 0 bridgehead atoms. The van der Waals surface area contributed by atoms with Gasteiger partial charge in [0.15, 0.2) is 0 Å². The number of carbonyl (C=O) groups excluding carboxylic acids is 2. The molecule has 0 aliphatic rings. The highest BCUT2D eigenvalue weighted by Crippen LogP contribution is 2.17. The third-order valence-electron chi connectivity index (χ3n) is 3.08. The van der Waals surface area contributed by atoms with Crippen molar-refractivity contribution >= 4 is 33.8 Å². The van der Waals surface area contributed by atoms with Crippen LogP contribution in [0.1, 0.15) is 12.2 Å². The number of hydrogen-bond donors (Lipinski definition) is 2. The summed E-state index contributed by atoms with van der Waals surface area (Å²) >= 11 is 3.36. The normalized spacial score (nSPS) is 10.6. The van der Waals surface area contributed by atoms with E-state index >= 15 is 0 Å².